The molecule has 0 saturated heterocycles. The van der Waals surface area contributed by atoms with Gasteiger partial charge in [-0.1, -0.05) is 144 Å². The summed E-state index contributed by atoms with van der Waals surface area (Å²) in [7, 11) is 0. The Morgan fingerprint density at radius 3 is 1.02 bits per heavy atom. The lowest BCUT2D eigenvalue weighted by Gasteiger charge is -2.27. The molecule has 0 aliphatic rings. The van der Waals surface area contributed by atoms with Gasteiger partial charge < -0.3 is 43.0 Å². The Bertz CT molecular complexity index is 1290. The molecule has 0 aliphatic carbocycles. The zero-order chi connectivity index (χ0) is 47.8. The van der Waals surface area contributed by atoms with Crippen LogP contribution in [0.1, 0.15) is 221 Å². The van der Waals surface area contributed by atoms with E-state index in [2.05, 4.69) is 71.8 Å². The van der Waals surface area contributed by atoms with Crippen molar-refractivity contribution in [2.45, 2.75) is 252 Å². The number of hydrogen-bond acceptors (Lipinski definition) is 8. The van der Waals surface area contributed by atoms with E-state index in [1.165, 1.54) is 0 Å². The number of rotatable bonds is 42. The van der Waals surface area contributed by atoms with Gasteiger partial charge in [0.05, 0.1) is 0 Å². The topological polar surface area (TPSA) is 230 Å². The van der Waals surface area contributed by atoms with E-state index in [9.17, 15) is 33.6 Å². The first-order valence-corrected chi connectivity index (χ1v) is 25.7. The molecule has 7 amide bonds. The lowest BCUT2D eigenvalue weighted by Crippen LogP contribution is -2.59. The average molecular weight is 907 g/mol. The molecular weight excluding hydrogens is 813 g/mol. The van der Waals surface area contributed by atoms with Gasteiger partial charge in [0.1, 0.15) is 30.2 Å². The molecule has 0 radical (unpaired) electrons. The summed E-state index contributed by atoms with van der Waals surface area (Å²) < 4.78 is 0. The molecule has 0 saturated carbocycles. The predicted molar refractivity (Wildman–Crippen MR) is 258 cm³/mol. The second kappa shape index (κ2) is 40.7. The van der Waals surface area contributed by atoms with Crippen LogP contribution in [0.4, 0.5) is 0 Å². The molecule has 0 spiro atoms. The SMILES string of the molecule is CCCCCC(NC(=O)CCCCCN)C(=O)NC(CCCCC)C(=O)NC(CCCCC)C(=O)NC(CCCCC)C(=O)NC(CCCCC)C(=O)NCCCCCC(=O)NCC. The first-order chi connectivity index (χ1) is 30.9. The Labute approximate surface area is 388 Å². The van der Waals surface area contributed by atoms with Crippen LogP contribution in [0.5, 0.6) is 0 Å². The number of carbonyl (C=O) groups is 7. The quantitative estimate of drug-likeness (QED) is 0.0309. The third-order valence-electron chi connectivity index (χ3n) is 11.5. The summed E-state index contributed by atoms with van der Waals surface area (Å²) in [5.74, 6) is -2.30. The van der Waals surface area contributed by atoms with E-state index in [1.54, 1.807) is 0 Å². The van der Waals surface area contributed by atoms with E-state index in [4.69, 9.17) is 5.73 Å². The van der Waals surface area contributed by atoms with Crippen molar-refractivity contribution in [2.75, 3.05) is 19.6 Å². The molecule has 64 heavy (non-hydrogen) atoms. The molecular formula is C49H94N8O7. The Morgan fingerprint density at radius 1 is 0.344 bits per heavy atom. The molecule has 0 bridgehead atoms. The second-order valence-corrected chi connectivity index (χ2v) is 17.5. The third-order valence-corrected chi connectivity index (χ3v) is 11.5. The maximum Gasteiger partial charge on any atom is 0.243 e. The van der Waals surface area contributed by atoms with Gasteiger partial charge in [-0.3, -0.25) is 33.6 Å². The lowest BCUT2D eigenvalue weighted by atomic mass is 10.0. The van der Waals surface area contributed by atoms with Crippen LogP contribution < -0.4 is 43.0 Å². The number of hydrogen-bond donors (Lipinski definition) is 8. The van der Waals surface area contributed by atoms with Gasteiger partial charge in [0.15, 0.2) is 0 Å². The molecule has 15 heteroatoms. The van der Waals surface area contributed by atoms with Crippen molar-refractivity contribution in [3.63, 3.8) is 0 Å². The maximum absolute atomic E-state index is 14.2. The van der Waals surface area contributed by atoms with E-state index in [0.717, 1.165) is 103 Å². The monoisotopic (exact) mass is 907 g/mol. The summed E-state index contributed by atoms with van der Waals surface area (Å²) in [6, 6.07) is -4.39. The highest BCUT2D eigenvalue weighted by Gasteiger charge is 2.32. The molecule has 5 unspecified atom stereocenters. The van der Waals surface area contributed by atoms with E-state index in [-0.39, 0.29) is 17.7 Å². The fourth-order valence-corrected chi connectivity index (χ4v) is 7.51. The van der Waals surface area contributed by atoms with Crippen molar-refractivity contribution in [1.29, 1.82) is 0 Å². The molecule has 0 aromatic rings. The van der Waals surface area contributed by atoms with Crippen LogP contribution in [-0.2, 0) is 33.6 Å². The normalized spacial score (nSPS) is 13.4. The Hall–Kier alpha value is -3.75. The van der Waals surface area contributed by atoms with Gasteiger partial charge in [-0.25, -0.2) is 0 Å². The summed E-state index contributed by atoms with van der Waals surface area (Å²) in [6.45, 7) is 13.8. The van der Waals surface area contributed by atoms with Crippen molar-refractivity contribution in [2.24, 2.45) is 5.73 Å². The van der Waals surface area contributed by atoms with Crippen molar-refractivity contribution in [3.8, 4) is 0 Å². The summed E-state index contributed by atoms with van der Waals surface area (Å²) in [6.07, 6.45) is 19.7. The predicted octanol–water partition coefficient (Wildman–Crippen LogP) is 6.64. The van der Waals surface area contributed by atoms with Gasteiger partial charge in [-0.2, -0.15) is 0 Å². The first kappa shape index (κ1) is 60.2. The van der Waals surface area contributed by atoms with Crippen molar-refractivity contribution >= 4 is 41.4 Å². The molecule has 5 atom stereocenters. The van der Waals surface area contributed by atoms with Crippen LogP contribution in [0.15, 0.2) is 0 Å². The standard InChI is InChI=1S/C49H94N8O7/c1-7-13-20-29-38(45(60)52-37-28-19-26-34-43(58)51-12-6)54-47(62)40(31-22-15-9-3)56-49(64)42(33-24-17-11-5)57-48(63)41(32-23-16-10-4)55-46(61)39(30-21-14-8-2)53-44(59)35-25-18-27-36-50/h38-42H,7-37,50H2,1-6H3,(H,51,58)(H,52,60)(H,53,59)(H,54,62)(H,55,61)(H,56,64)(H,57,63). The number of nitrogens with one attached hydrogen (secondary N) is 7. The molecule has 15 nitrogen and oxygen atoms in total. The largest absolute Gasteiger partial charge is 0.356 e. The molecule has 0 aliphatic heterocycles. The zero-order valence-corrected chi connectivity index (χ0v) is 41.2. The van der Waals surface area contributed by atoms with Crippen LogP contribution in [-0.4, -0.2) is 91.2 Å². The fourth-order valence-electron chi connectivity index (χ4n) is 7.51. The maximum atomic E-state index is 14.2. The average Bonchev–Trinajstić information content (AvgIpc) is 3.27. The van der Waals surface area contributed by atoms with E-state index in [1.807, 2.05) is 6.92 Å². The van der Waals surface area contributed by atoms with Gasteiger partial charge >= 0.3 is 0 Å². The van der Waals surface area contributed by atoms with E-state index >= 15 is 0 Å². The van der Waals surface area contributed by atoms with Crippen molar-refractivity contribution in [1.82, 2.24) is 37.2 Å². The van der Waals surface area contributed by atoms with Crippen LogP contribution in [0.2, 0.25) is 0 Å². The second-order valence-electron chi connectivity index (χ2n) is 17.5. The van der Waals surface area contributed by atoms with E-state index in [0.29, 0.717) is 96.7 Å². The summed E-state index contributed by atoms with van der Waals surface area (Å²) >= 11 is 0. The number of nitrogens with two attached hydrogens (primary N) is 1. The highest BCUT2D eigenvalue weighted by molar-refractivity contribution is 5.96. The van der Waals surface area contributed by atoms with Gasteiger partial charge in [0.25, 0.3) is 0 Å². The Kier molecular flexibility index (Phi) is 38.3. The molecule has 0 heterocycles. The molecule has 0 aromatic carbocycles. The Balaban J connectivity index is 6.21. The van der Waals surface area contributed by atoms with Crippen molar-refractivity contribution in [3.05, 3.63) is 0 Å². The third kappa shape index (κ3) is 30.4. The Morgan fingerprint density at radius 2 is 0.672 bits per heavy atom. The molecule has 0 aromatic heterocycles. The van der Waals surface area contributed by atoms with Gasteiger partial charge in [-0.05, 0) is 71.3 Å². The number of amides is 7. The summed E-state index contributed by atoms with van der Waals surface area (Å²) in [5.41, 5.74) is 5.61. The van der Waals surface area contributed by atoms with Crippen LogP contribution >= 0.6 is 0 Å². The van der Waals surface area contributed by atoms with Gasteiger partial charge in [0.2, 0.25) is 41.4 Å². The fraction of sp³-hybridized carbons (Fsp3) is 0.857. The molecule has 9 N–H and O–H groups in total. The van der Waals surface area contributed by atoms with Crippen LogP contribution in [0.25, 0.3) is 0 Å². The molecule has 372 valence electrons. The minimum Gasteiger partial charge on any atom is -0.356 e. The van der Waals surface area contributed by atoms with Gasteiger partial charge in [0, 0.05) is 25.9 Å². The number of unbranched alkanes of at least 4 members (excludes halogenated alkanes) is 14. The highest BCUT2D eigenvalue weighted by Crippen LogP contribution is 2.13. The highest BCUT2D eigenvalue weighted by atomic mass is 16.2. The molecule has 0 fully saturated rings. The smallest absolute Gasteiger partial charge is 0.243 e. The number of carbonyl (C=O) groups excluding carboxylic acids is 7. The van der Waals surface area contributed by atoms with Crippen LogP contribution in [0.3, 0.4) is 0 Å². The molecule has 0 rings (SSSR count). The van der Waals surface area contributed by atoms with Crippen LogP contribution in [0, 0.1) is 0 Å². The zero-order valence-electron chi connectivity index (χ0n) is 41.2. The van der Waals surface area contributed by atoms with Gasteiger partial charge in [-0.15, -0.1) is 0 Å². The minimum absolute atomic E-state index is 0.0194. The first-order valence-electron chi connectivity index (χ1n) is 25.7. The van der Waals surface area contributed by atoms with E-state index < -0.39 is 53.8 Å². The van der Waals surface area contributed by atoms with Crippen molar-refractivity contribution < 1.29 is 33.6 Å². The lowest BCUT2D eigenvalue weighted by molar-refractivity contribution is -0.135. The summed E-state index contributed by atoms with van der Waals surface area (Å²) in [5, 5.41) is 20.5. The summed E-state index contributed by atoms with van der Waals surface area (Å²) in [4.78, 5) is 94.4. The minimum atomic E-state index is -0.962.